The molecule has 1 saturated heterocycles. The average molecular weight is 234 g/mol. The van der Waals surface area contributed by atoms with Crippen molar-refractivity contribution in [2.45, 2.75) is 44.2 Å². The minimum absolute atomic E-state index is 0.0645. The third-order valence-corrected chi connectivity index (χ3v) is 4.24. The molecule has 4 nitrogen and oxygen atoms in total. The Morgan fingerprint density at radius 2 is 2.35 bits per heavy atom. The van der Waals surface area contributed by atoms with Gasteiger partial charge in [0.1, 0.15) is 0 Å². The van der Waals surface area contributed by atoms with Gasteiger partial charge in [-0.15, -0.1) is 0 Å². The van der Waals surface area contributed by atoms with Gasteiger partial charge in [-0.3, -0.25) is 4.68 Å². The van der Waals surface area contributed by atoms with Crippen molar-refractivity contribution in [2.75, 3.05) is 19.6 Å². The molecule has 0 amide bonds. The van der Waals surface area contributed by atoms with Crippen LogP contribution in [0.5, 0.6) is 0 Å². The third-order valence-electron chi connectivity index (χ3n) is 4.24. The second-order valence-electron chi connectivity index (χ2n) is 5.51. The molecule has 1 atom stereocenters. The zero-order valence-corrected chi connectivity index (χ0v) is 10.6. The molecule has 1 aromatic rings. The van der Waals surface area contributed by atoms with Crippen LogP contribution in [0.3, 0.4) is 0 Å². The van der Waals surface area contributed by atoms with E-state index in [9.17, 15) is 0 Å². The first kappa shape index (κ1) is 11.2. The Balaban J connectivity index is 1.81. The lowest BCUT2D eigenvalue weighted by molar-refractivity contribution is 0.174. The Hall–Kier alpha value is -0.870. The topological polar surface area (TPSA) is 47.1 Å². The maximum Gasteiger partial charge on any atom is 0.0650 e. The van der Waals surface area contributed by atoms with Crippen molar-refractivity contribution in [1.82, 2.24) is 14.7 Å². The van der Waals surface area contributed by atoms with E-state index in [0.29, 0.717) is 6.04 Å². The predicted octanol–water partition coefficient (Wildman–Crippen LogP) is 1.49. The summed E-state index contributed by atoms with van der Waals surface area (Å²) in [4.78, 5) is 2.51. The van der Waals surface area contributed by atoms with E-state index in [4.69, 9.17) is 5.73 Å². The van der Waals surface area contributed by atoms with Crippen LogP contribution >= 0.6 is 0 Å². The first-order valence-electron chi connectivity index (χ1n) is 6.78. The summed E-state index contributed by atoms with van der Waals surface area (Å²) in [7, 11) is 0. The number of nitrogens with two attached hydrogens (primary N) is 1. The Morgan fingerprint density at radius 1 is 1.53 bits per heavy atom. The van der Waals surface area contributed by atoms with Crippen LogP contribution in [0.15, 0.2) is 12.3 Å². The van der Waals surface area contributed by atoms with Crippen molar-refractivity contribution < 1.29 is 0 Å². The molecule has 2 fully saturated rings. The zero-order chi connectivity index (χ0) is 11.9. The summed E-state index contributed by atoms with van der Waals surface area (Å²) in [5.41, 5.74) is 7.50. The lowest BCUT2D eigenvalue weighted by Crippen LogP contribution is -2.38. The Labute approximate surface area is 103 Å². The van der Waals surface area contributed by atoms with E-state index in [2.05, 4.69) is 27.7 Å². The molecule has 1 aromatic heterocycles. The molecule has 17 heavy (non-hydrogen) atoms. The molecule has 0 spiro atoms. The molecule has 0 bridgehead atoms. The zero-order valence-electron chi connectivity index (χ0n) is 10.6. The molecule has 4 heteroatoms. The van der Waals surface area contributed by atoms with Gasteiger partial charge in [0, 0.05) is 12.7 Å². The molecule has 0 radical (unpaired) electrons. The standard InChI is InChI=1S/C13H22N4/c1-2-16-9-3-4-11(10-16)17-12(5-8-15-17)13(14)6-7-13/h5,8,11H,2-4,6-7,9-10,14H2,1H3. The first-order valence-corrected chi connectivity index (χ1v) is 6.78. The SMILES string of the molecule is CCN1CCCC(n2nccc2C2(N)CC2)C1. The molecular formula is C13H22N4. The van der Waals surface area contributed by atoms with Gasteiger partial charge >= 0.3 is 0 Å². The second kappa shape index (κ2) is 4.10. The highest BCUT2D eigenvalue weighted by atomic mass is 15.3. The molecule has 1 unspecified atom stereocenters. The van der Waals surface area contributed by atoms with Gasteiger partial charge in [0.05, 0.1) is 17.3 Å². The van der Waals surface area contributed by atoms with Crippen LogP contribution in [0.1, 0.15) is 44.3 Å². The van der Waals surface area contributed by atoms with Gasteiger partial charge in [-0.1, -0.05) is 6.92 Å². The molecule has 1 aliphatic heterocycles. The maximum absolute atomic E-state index is 6.31. The van der Waals surface area contributed by atoms with E-state index in [1.165, 1.54) is 25.1 Å². The van der Waals surface area contributed by atoms with Crippen LogP contribution in [0.2, 0.25) is 0 Å². The lowest BCUT2D eigenvalue weighted by atomic mass is 10.0. The van der Waals surface area contributed by atoms with Gasteiger partial charge in [-0.2, -0.15) is 5.10 Å². The number of nitrogens with zero attached hydrogens (tertiary/aromatic N) is 3. The highest BCUT2D eigenvalue weighted by Gasteiger charge is 2.43. The molecule has 1 aliphatic carbocycles. The van der Waals surface area contributed by atoms with Gasteiger partial charge < -0.3 is 10.6 Å². The molecule has 94 valence electrons. The smallest absolute Gasteiger partial charge is 0.0650 e. The number of aromatic nitrogens is 2. The highest BCUT2D eigenvalue weighted by Crippen LogP contribution is 2.43. The maximum atomic E-state index is 6.31. The monoisotopic (exact) mass is 234 g/mol. The van der Waals surface area contributed by atoms with Crippen LogP contribution < -0.4 is 5.73 Å². The van der Waals surface area contributed by atoms with Gasteiger partial charge in [0.15, 0.2) is 0 Å². The molecule has 2 aliphatic rings. The van der Waals surface area contributed by atoms with Crippen molar-refractivity contribution in [3.63, 3.8) is 0 Å². The fourth-order valence-corrected chi connectivity index (χ4v) is 2.91. The number of rotatable bonds is 3. The van der Waals surface area contributed by atoms with Crippen molar-refractivity contribution in [2.24, 2.45) is 5.73 Å². The van der Waals surface area contributed by atoms with Gasteiger partial charge in [-0.05, 0) is 44.8 Å². The van der Waals surface area contributed by atoms with E-state index < -0.39 is 0 Å². The summed E-state index contributed by atoms with van der Waals surface area (Å²) in [6, 6.07) is 2.63. The van der Waals surface area contributed by atoms with Gasteiger partial charge in [0.25, 0.3) is 0 Å². The summed E-state index contributed by atoms with van der Waals surface area (Å²) >= 11 is 0. The number of likely N-dealkylation sites (N-methyl/N-ethyl adjacent to an activating group) is 1. The van der Waals surface area contributed by atoms with Crippen molar-refractivity contribution in [3.8, 4) is 0 Å². The normalized spacial score (nSPS) is 28.2. The van der Waals surface area contributed by atoms with Gasteiger partial charge in [-0.25, -0.2) is 0 Å². The van der Waals surface area contributed by atoms with E-state index >= 15 is 0 Å². The lowest BCUT2D eigenvalue weighted by Gasteiger charge is -2.33. The molecule has 0 aromatic carbocycles. The van der Waals surface area contributed by atoms with Crippen molar-refractivity contribution >= 4 is 0 Å². The number of hydrogen-bond acceptors (Lipinski definition) is 3. The minimum Gasteiger partial charge on any atom is -0.320 e. The molecular weight excluding hydrogens is 212 g/mol. The summed E-state index contributed by atoms with van der Waals surface area (Å²) < 4.78 is 2.20. The Morgan fingerprint density at radius 3 is 3.06 bits per heavy atom. The Kier molecular flexibility index (Phi) is 2.71. The summed E-state index contributed by atoms with van der Waals surface area (Å²) in [6.45, 7) is 5.73. The summed E-state index contributed by atoms with van der Waals surface area (Å²) in [6.07, 6.45) is 6.65. The molecule has 2 heterocycles. The van der Waals surface area contributed by atoms with Crippen LogP contribution in [0.25, 0.3) is 0 Å². The fraction of sp³-hybridized carbons (Fsp3) is 0.769. The number of likely N-dealkylation sites (tertiary alicyclic amines) is 1. The fourth-order valence-electron chi connectivity index (χ4n) is 2.91. The highest BCUT2D eigenvalue weighted by molar-refractivity contribution is 5.22. The summed E-state index contributed by atoms with van der Waals surface area (Å²) in [5.74, 6) is 0. The first-order chi connectivity index (χ1) is 8.23. The van der Waals surface area contributed by atoms with Gasteiger partial charge in [0.2, 0.25) is 0 Å². The Bertz CT molecular complexity index is 394. The van der Waals surface area contributed by atoms with E-state index in [1.807, 2.05) is 6.20 Å². The molecule has 1 saturated carbocycles. The number of piperidine rings is 1. The largest absolute Gasteiger partial charge is 0.320 e. The minimum atomic E-state index is -0.0645. The molecule has 3 rings (SSSR count). The number of hydrogen-bond donors (Lipinski definition) is 1. The van der Waals surface area contributed by atoms with Crippen LogP contribution in [0.4, 0.5) is 0 Å². The van der Waals surface area contributed by atoms with Crippen LogP contribution in [-0.2, 0) is 5.54 Å². The molecule has 2 N–H and O–H groups in total. The van der Waals surface area contributed by atoms with Crippen LogP contribution in [-0.4, -0.2) is 34.3 Å². The van der Waals surface area contributed by atoms with Crippen molar-refractivity contribution in [1.29, 1.82) is 0 Å². The summed E-state index contributed by atoms with van der Waals surface area (Å²) in [5, 5.41) is 4.53. The second-order valence-corrected chi connectivity index (χ2v) is 5.51. The predicted molar refractivity (Wildman–Crippen MR) is 67.7 cm³/mol. The van der Waals surface area contributed by atoms with E-state index in [0.717, 1.165) is 25.9 Å². The third kappa shape index (κ3) is 2.00. The van der Waals surface area contributed by atoms with E-state index in [1.54, 1.807) is 0 Å². The van der Waals surface area contributed by atoms with E-state index in [-0.39, 0.29) is 5.54 Å². The van der Waals surface area contributed by atoms with Crippen LogP contribution in [0, 0.1) is 0 Å². The van der Waals surface area contributed by atoms with Crippen molar-refractivity contribution in [3.05, 3.63) is 18.0 Å². The average Bonchev–Trinajstić information content (AvgIpc) is 2.94. The quantitative estimate of drug-likeness (QED) is 0.862.